The third kappa shape index (κ3) is 1.01. The van der Waals surface area contributed by atoms with E-state index in [0.29, 0.717) is 0 Å². The molecule has 0 aliphatic carbocycles. The van der Waals surface area contributed by atoms with Crippen LogP contribution in [0.1, 0.15) is 37.2 Å². The number of aryl methyl sites for hydroxylation is 1. The minimum atomic E-state index is 0.286. The zero-order valence-corrected chi connectivity index (χ0v) is 8.75. The van der Waals surface area contributed by atoms with E-state index in [9.17, 15) is 0 Å². The second-order valence-corrected chi connectivity index (χ2v) is 4.64. The summed E-state index contributed by atoms with van der Waals surface area (Å²) in [4.78, 5) is 2.62. The highest BCUT2D eigenvalue weighted by molar-refractivity contribution is 5.19. The van der Waals surface area contributed by atoms with Crippen molar-refractivity contribution >= 4 is 0 Å². The molecule has 2 fully saturated rings. The topological polar surface area (TPSA) is 16.4 Å². The Hall–Kier alpha value is -0.760. The van der Waals surface area contributed by atoms with Crippen LogP contribution in [0.25, 0.3) is 0 Å². The van der Waals surface area contributed by atoms with Gasteiger partial charge in [-0.15, -0.1) is 0 Å². The van der Waals surface area contributed by atoms with Crippen molar-refractivity contribution in [3.05, 3.63) is 23.7 Å². The Labute approximate surface area is 84.9 Å². The first-order valence-electron chi connectivity index (χ1n) is 5.63. The lowest BCUT2D eigenvalue weighted by atomic mass is 9.91. The molecule has 2 aliphatic heterocycles. The molecular weight excluding hydrogens is 174 g/mol. The quantitative estimate of drug-likeness (QED) is 0.678. The molecule has 1 aromatic rings. The highest BCUT2D eigenvalue weighted by Gasteiger charge is 2.47. The molecule has 2 heteroatoms. The first kappa shape index (κ1) is 8.54. The van der Waals surface area contributed by atoms with Crippen LogP contribution in [-0.4, -0.2) is 18.0 Å². The van der Waals surface area contributed by atoms with Crippen LogP contribution in [0.5, 0.6) is 0 Å². The smallest absolute Gasteiger partial charge is 0.124 e. The zero-order chi connectivity index (χ0) is 9.60. The average Bonchev–Trinajstić information content (AvgIpc) is 2.75. The first-order chi connectivity index (χ1) is 6.81. The molecule has 0 radical (unpaired) electrons. The van der Waals surface area contributed by atoms with Crippen LogP contribution in [0.15, 0.2) is 16.5 Å². The van der Waals surface area contributed by atoms with Crippen LogP contribution in [0.3, 0.4) is 0 Å². The van der Waals surface area contributed by atoms with Gasteiger partial charge >= 0.3 is 0 Å². The molecule has 0 spiro atoms. The predicted octanol–water partition coefficient (Wildman–Crippen LogP) is 2.67. The van der Waals surface area contributed by atoms with Gasteiger partial charge in [0.1, 0.15) is 11.5 Å². The van der Waals surface area contributed by atoms with E-state index >= 15 is 0 Å². The molecular formula is C12H17NO. The van der Waals surface area contributed by atoms with Gasteiger partial charge in [0.05, 0.1) is 5.54 Å². The molecule has 0 saturated carbocycles. The average molecular weight is 191 g/mol. The van der Waals surface area contributed by atoms with Gasteiger partial charge in [0, 0.05) is 0 Å². The summed E-state index contributed by atoms with van der Waals surface area (Å²) < 4.78 is 5.83. The maximum absolute atomic E-state index is 5.83. The van der Waals surface area contributed by atoms with Crippen molar-refractivity contribution in [3.63, 3.8) is 0 Å². The van der Waals surface area contributed by atoms with Gasteiger partial charge in [-0.2, -0.15) is 0 Å². The van der Waals surface area contributed by atoms with E-state index in [-0.39, 0.29) is 5.54 Å². The van der Waals surface area contributed by atoms with Gasteiger partial charge in [0.2, 0.25) is 0 Å². The maximum atomic E-state index is 5.83. The second-order valence-electron chi connectivity index (χ2n) is 4.64. The maximum Gasteiger partial charge on any atom is 0.124 e. The van der Waals surface area contributed by atoms with E-state index in [1.54, 1.807) is 0 Å². The number of nitrogens with zero attached hydrogens (tertiary/aromatic N) is 1. The molecule has 14 heavy (non-hydrogen) atoms. The summed E-state index contributed by atoms with van der Waals surface area (Å²) in [6.45, 7) is 4.56. The van der Waals surface area contributed by atoms with Gasteiger partial charge in [-0.3, -0.25) is 4.90 Å². The third-order valence-electron chi connectivity index (χ3n) is 3.84. The van der Waals surface area contributed by atoms with E-state index in [1.165, 1.54) is 44.5 Å². The normalized spacial score (nSPS) is 25.5. The predicted molar refractivity (Wildman–Crippen MR) is 55.2 cm³/mol. The molecule has 0 bridgehead atoms. The Kier molecular flexibility index (Phi) is 1.75. The molecule has 76 valence electrons. The van der Waals surface area contributed by atoms with Crippen molar-refractivity contribution in [2.24, 2.45) is 0 Å². The fourth-order valence-corrected chi connectivity index (χ4v) is 3.19. The van der Waals surface area contributed by atoms with Crippen LogP contribution in [0.2, 0.25) is 0 Å². The third-order valence-corrected chi connectivity index (χ3v) is 3.84. The Morgan fingerprint density at radius 2 is 1.93 bits per heavy atom. The minimum absolute atomic E-state index is 0.286. The molecule has 2 aliphatic rings. The van der Waals surface area contributed by atoms with Gasteiger partial charge < -0.3 is 4.42 Å². The molecule has 3 rings (SSSR count). The SMILES string of the molecule is Cc1ccc(C23CCCN2CCC3)o1. The summed E-state index contributed by atoms with van der Waals surface area (Å²) in [5, 5.41) is 0. The molecule has 0 amide bonds. The number of hydrogen-bond acceptors (Lipinski definition) is 2. The standard InChI is InChI=1S/C12H17NO/c1-10-4-5-11(14-10)12-6-2-8-13(12)9-3-7-12/h4-5H,2-3,6-9H2,1H3. The summed E-state index contributed by atoms with van der Waals surface area (Å²) in [5.41, 5.74) is 0.286. The van der Waals surface area contributed by atoms with Crippen molar-refractivity contribution in [1.29, 1.82) is 0 Å². The van der Waals surface area contributed by atoms with Crippen molar-refractivity contribution in [2.75, 3.05) is 13.1 Å². The second kappa shape index (κ2) is 2.86. The summed E-state index contributed by atoms with van der Waals surface area (Å²) >= 11 is 0. The van der Waals surface area contributed by atoms with Gasteiger partial charge in [-0.25, -0.2) is 0 Å². The zero-order valence-electron chi connectivity index (χ0n) is 8.75. The van der Waals surface area contributed by atoms with Crippen molar-refractivity contribution in [2.45, 2.75) is 38.1 Å². The van der Waals surface area contributed by atoms with E-state index in [2.05, 4.69) is 17.0 Å². The number of fused-ring (bicyclic) bond motifs is 1. The van der Waals surface area contributed by atoms with E-state index in [0.717, 1.165) is 5.76 Å². The summed E-state index contributed by atoms with van der Waals surface area (Å²) in [7, 11) is 0. The van der Waals surface area contributed by atoms with Crippen LogP contribution in [-0.2, 0) is 5.54 Å². The van der Waals surface area contributed by atoms with Gasteiger partial charge in [0.25, 0.3) is 0 Å². The number of furan rings is 1. The van der Waals surface area contributed by atoms with Crippen LogP contribution in [0, 0.1) is 6.92 Å². The molecule has 0 unspecified atom stereocenters. The number of rotatable bonds is 1. The Morgan fingerprint density at radius 3 is 2.50 bits per heavy atom. The summed E-state index contributed by atoms with van der Waals surface area (Å²) in [6, 6.07) is 4.28. The van der Waals surface area contributed by atoms with Gasteiger partial charge in [-0.1, -0.05) is 0 Å². The molecule has 0 N–H and O–H groups in total. The largest absolute Gasteiger partial charge is 0.464 e. The lowest BCUT2D eigenvalue weighted by molar-refractivity contribution is 0.161. The fourth-order valence-electron chi connectivity index (χ4n) is 3.19. The summed E-state index contributed by atoms with van der Waals surface area (Å²) in [6.07, 6.45) is 5.25. The van der Waals surface area contributed by atoms with Gasteiger partial charge in [-0.05, 0) is 57.8 Å². The molecule has 3 heterocycles. The highest BCUT2D eigenvalue weighted by Crippen LogP contribution is 2.47. The van der Waals surface area contributed by atoms with Crippen molar-refractivity contribution < 1.29 is 4.42 Å². The Morgan fingerprint density at radius 1 is 1.21 bits per heavy atom. The van der Waals surface area contributed by atoms with Crippen molar-refractivity contribution in [3.8, 4) is 0 Å². The molecule has 0 atom stereocenters. The molecule has 1 aromatic heterocycles. The van der Waals surface area contributed by atoms with E-state index in [4.69, 9.17) is 4.42 Å². The highest BCUT2D eigenvalue weighted by atomic mass is 16.3. The lowest BCUT2D eigenvalue weighted by Gasteiger charge is -2.29. The Balaban J connectivity index is 2.02. The van der Waals surface area contributed by atoms with E-state index < -0.39 is 0 Å². The van der Waals surface area contributed by atoms with Crippen LogP contribution < -0.4 is 0 Å². The van der Waals surface area contributed by atoms with Crippen LogP contribution in [0.4, 0.5) is 0 Å². The minimum Gasteiger partial charge on any atom is -0.464 e. The number of hydrogen-bond donors (Lipinski definition) is 0. The summed E-state index contributed by atoms with van der Waals surface area (Å²) in [5.74, 6) is 2.26. The van der Waals surface area contributed by atoms with E-state index in [1.807, 2.05) is 6.92 Å². The monoisotopic (exact) mass is 191 g/mol. The lowest BCUT2D eigenvalue weighted by Crippen LogP contribution is -2.34. The van der Waals surface area contributed by atoms with Gasteiger partial charge in [0.15, 0.2) is 0 Å². The van der Waals surface area contributed by atoms with Crippen LogP contribution >= 0.6 is 0 Å². The molecule has 2 nitrogen and oxygen atoms in total. The molecule has 0 aromatic carbocycles. The molecule has 2 saturated heterocycles. The van der Waals surface area contributed by atoms with Crippen molar-refractivity contribution in [1.82, 2.24) is 4.90 Å². The Bertz CT molecular complexity index is 332. The first-order valence-corrected chi connectivity index (χ1v) is 5.63. The fraction of sp³-hybridized carbons (Fsp3) is 0.667.